The van der Waals surface area contributed by atoms with Crippen LogP contribution < -0.4 is 10.6 Å². The average molecular weight is 284 g/mol. The molecule has 1 aliphatic heterocycles. The van der Waals surface area contributed by atoms with Crippen LogP contribution in [0.15, 0.2) is 18.2 Å². The lowest BCUT2D eigenvalue weighted by molar-refractivity contribution is -0.385. The molecule has 19 heavy (non-hydrogen) atoms. The van der Waals surface area contributed by atoms with Crippen LogP contribution >= 0.6 is 11.6 Å². The molecule has 2 rings (SSSR count). The van der Waals surface area contributed by atoms with Crippen LogP contribution in [0.25, 0.3) is 0 Å². The number of nitrogens with zero attached hydrogens (tertiary/aromatic N) is 1. The monoisotopic (exact) mass is 283 g/mol. The molecule has 2 N–H and O–H groups in total. The predicted molar refractivity (Wildman–Crippen MR) is 71.0 cm³/mol. The van der Waals surface area contributed by atoms with Crippen molar-refractivity contribution in [3.8, 4) is 0 Å². The Morgan fingerprint density at radius 3 is 2.95 bits per heavy atom. The molecule has 1 amide bonds. The summed E-state index contributed by atoms with van der Waals surface area (Å²) in [6.45, 7) is 0.855. The molecule has 1 unspecified atom stereocenters. The lowest BCUT2D eigenvalue weighted by Gasteiger charge is -2.23. The fourth-order valence-corrected chi connectivity index (χ4v) is 2.28. The maximum Gasteiger partial charge on any atom is 0.275 e. The van der Waals surface area contributed by atoms with E-state index in [1.165, 1.54) is 6.07 Å². The Morgan fingerprint density at radius 1 is 1.53 bits per heavy atom. The first-order chi connectivity index (χ1) is 9.08. The molecular formula is C12H14ClN3O3. The number of nitro benzene ring substituents is 1. The zero-order valence-corrected chi connectivity index (χ0v) is 10.9. The summed E-state index contributed by atoms with van der Waals surface area (Å²) >= 11 is 6.00. The normalized spacial score (nSPS) is 19.0. The van der Waals surface area contributed by atoms with Gasteiger partial charge in [-0.3, -0.25) is 14.9 Å². The number of hydrogen-bond acceptors (Lipinski definition) is 4. The molecule has 0 aliphatic carbocycles. The highest BCUT2D eigenvalue weighted by Gasteiger charge is 2.20. The van der Waals surface area contributed by atoms with Gasteiger partial charge >= 0.3 is 0 Å². The van der Waals surface area contributed by atoms with Crippen molar-refractivity contribution in [3.05, 3.63) is 38.9 Å². The van der Waals surface area contributed by atoms with E-state index >= 15 is 0 Å². The summed E-state index contributed by atoms with van der Waals surface area (Å²) in [5, 5.41) is 17.2. The number of amides is 1. The minimum atomic E-state index is -0.439. The molecule has 1 fully saturated rings. The molecule has 102 valence electrons. The second-order valence-electron chi connectivity index (χ2n) is 4.42. The van der Waals surface area contributed by atoms with Crippen molar-refractivity contribution in [2.75, 3.05) is 6.54 Å². The largest absolute Gasteiger partial charge is 0.355 e. The highest BCUT2D eigenvalue weighted by atomic mass is 35.5. The number of piperidine rings is 1. The van der Waals surface area contributed by atoms with Gasteiger partial charge in [0.15, 0.2) is 0 Å². The van der Waals surface area contributed by atoms with E-state index in [9.17, 15) is 14.9 Å². The zero-order chi connectivity index (χ0) is 13.8. The molecule has 6 nitrogen and oxygen atoms in total. The van der Waals surface area contributed by atoms with Crippen molar-refractivity contribution in [2.24, 2.45) is 0 Å². The van der Waals surface area contributed by atoms with Crippen LogP contribution in [0.2, 0.25) is 5.02 Å². The van der Waals surface area contributed by atoms with Crippen molar-refractivity contribution < 1.29 is 9.72 Å². The van der Waals surface area contributed by atoms with Gasteiger partial charge in [-0.25, -0.2) is 0 Å². The van der Waals surface area contributed by atoms with Gasteiger partial charge in [-0.2, -0.15) is 0 Å². The zero-order valence-electron chi connectivity index (χ0n) is 10.2. The summed E-state index contributed by atoms with van der Waals surface area (Å²) in [6.07, 6.45) is 1.20. The number of nitro groups is 1. The SMILES string of the molecule is O=C1CCC(NCc2c(Cl)cccc2[N+](=O)[O-])CN1. The lowest BCUT2D eigenvalue weighted by atomic mass is 10.1. The van der Waals surface area contributed by atoms with Gasteiger partial charge < -0.3 is 10.6 Å². The van der Waals surface area contributed by atoms with Gasteiger partial charge in [-0.1, -0.05) is 17.7 Å². The lowest BCUT2D eigenvalue weighted by Crippen LogP contribution is -2.45. The first-order valence-electron chi connectivity index (χ1n) is 6.00. The Hall–Kier alpha value is -1.66. The van der Waals surface area contributed by atoms with Crippen LogP contribution in [0.4, 0.5) is 5.69 Å². The molecule has 1 aromatic rings. The van der Waals surface area contributed by atoms with E-state index in [2.05, 4.69) is 10.6 Å². The van der Waals surface area contributed by atoms with Crippen molar-refractivity contribution in [1.82, 2.24) is 10.6 Å². The number of carbonyl (C=O) groups excluding carboxylic acids is 1. The third-order valence-corrected chi connectivity index (χ3v) is 3.48. The second kappa shape index (κ2) is 5.99. The first-order valence-corrected chi connectivity index (χ1v) is 6.37. The third kappa shape index (κ3) is 3.42. The number of hydrogen-bond donors (Lipinski definition) is 2. The van der Waals surface area contributed by atoms with Gasteiger partial charge in [0, 0.05) is 31.6 Å². The fraction of sp³-hybridized carbons (Fsp3) is 0.417. The number of halogens is 1. The minimum Gasteiger partial charge on any atom is -0.355 e. The Labute approximate surface area is 115 Å². The summed E-state index contributed by atoms with van der Waals surface area (Å²) in [5.74, 6) is 0.0433. The van der Waals surface area contributed by atoms with E-state index in [-0.39, 0.29) is 17.6 Å². The molecule has 1 atom stereocenters. The Morgan fingerprint density at radius 2 is 2.32 bits per heavy atom. The van der Waals surface area contributed by atoms with Gasteiger partial charge in [0.2, 0.25) is 5.91 Å². The van der Waals surface area contributed by atoms with E-state index in [1.54, 1.807) is 12.1 Å². The van der Waals surface area contributed by atoms with Crippen molar-refractivity contribution in [1.29, 1.82) is 0 Å². The highest BCUT2D eigenvalue weighted by molar-refractivity contribution is 6.31. The topological polar surface area (TPSA) is 84.3 Å². The third-order valence-electron chi connectivity index (χ3n) is 3.12. The molecule has 0 aromatic heterocycles. The Balaban J connectivity index is 2.03. The minimum absolute atomic E-state index is 0.0137. The fourth-order valence-electron chi connectivity index (χ4n) is 2.05. The number of benzene rings is 1. The molecule has 0 spiro atoms. The molecule has 7 heteroatoms. The number of nitrogens with one attached hydrogen (secondary N) is 2. The summed E-state index contributed by atoms with van der Waals surface area (Å²) in [6, 6.07) is 4.75. The second-order valence-corrected chi connectivity index (χ2v) is 4.82. The van der Waals surface area contributed by atoms with E-state index in [4.69, 9.17) is 11.6 Å². The molecular weight excluding hydrogens is 270 g/mol. The van der Waals surface area contributed by atoms with Crippen LogP contribution in [0.1, 0.15) is 18.4 Å². The quantitative estimate of drug-likeness (QED) is 0.649. The number of rotatable bonds is 4. The van der Waals surface area contributed by atoms with Crippen LogP contribution in [-0.2, 0) is 11.3 Å². The Kier molecular flexibility index (Phi) is 4.34. The predicted octanol–water partition coefficient (Wildman–Crippen LogP) is 1.62. The first kappa shape index (κ1) is 13.8. The molecule has 1 aliphatic rings. The molecule has 1 saturated heterocycles. The van der Waals surface area contributed by atoms with Crippen molar-refractivity contribution in [3.63, 3.8) is 0 Å². The smallest absolute Gasteiger partial charge is 0.275 e. The van der Waals surface area contributed by atoms with E-state index < -0.39 is 4.92 Å². The highest BCUT2D eigenvalue weighted by Crippen LogP contribution is 2.26. The summed E-state index contributed by atoms with van der Waals surface area (Å²) in [5.41, 5.74) is 0.492. The number of carbonyl (C=O) groups is 1. The van der Waals surface area contributed by atoms with Crippen molar-refractivity contribution in [2.45, 2.75) is 25.4 Å². The summed E-state index contributed by atoms with van der Waals surface area (Å²) < 4.78 is 0. The molecule has 0 radical (unpaired) electrons. The van der Waals surface area contributed by atoms with E-state index in [0.29, 0.717) is 30.1 Å². The van der Waals surface area contributed by atoms with E-state index in [0.717, 1.165) is 6.42 Å². The molecule has 1 heterocycles. The van der Waals surface area contributed by atoms with Crippen molar-refractivity contribution >= 4 is 23.2 Å². The molecule has 0 saturated carbocycles. The summed E-state index contributed by atoms with van der Waals surface area (Å²) in [4.78, 5) is 21.5. The van der Waals surface area contributed by atoms with Gasteiger partial charge in [-0.05, 0) is 12.5 Å². The van der Waals surface area contributed by atoms with Gasteiger partial charge in [0.25, 0.3) is 5.69 Å². The van der Waals surface area contributed by atoms with Crippen LogP contribution in [0.3, 0.4) is 0 Å². The van der Waals surface area contributed by atoms with E-state index in [1.807, 2.05) is 0 Å². The Bertz CT molecular complexity index is 497. The molecule has 0 bridgehead atoms. The standard InChI is InChI=1S/C12H14ClN3O3/c13-10-2-1-3-11(16(18)19)9(10)7-14-8-4-5-12(17)15-6-8/h1-3,8,14H,4-7H2,(H,15,17). The van der Waals surface area contributed by atoms with Gasteiger partial charge in [-0.15, -0.1) is 0 Å². The van der Waals surface area contributed by atoms with Crippen LogP contribution in [0, 0.1) is 10.1 Å². The van der Waals surface area contributed by atoms with Gasteiger partial charge in [0.05, 0.1) is 15.5 Å². The summed E-state index contributed by atoms with van der Waals surface area (Å²) in [7, 11) is 0. The maximum absolute atomic E-state index is 11.0. The van der Waals surface area contributed by atoms with Gasteiger partial charge in [0.1, 0.15) is 0 Å². The van der Waals surface area contributed by atoms with Crippen LogP contribution in [-0.4, -0.2) is 23.4 Å². The average Bonchev–Trinajstić information content (AvgIpc) is 2.39. The van der Waals surface area contributed by atoms with Crippen LogP contribution in [0.5, 0.6) is 0 Å². The molecule has 1 aromatic carbocycles. The maximum atomic E-state index is 11.0.